The van der Waals surface area contributed by atoms with E-state index < -0.39 is 31.7 Å². The molecule has 2 unspecified atom stereocenters. The Morgan fingerprint density at radius 1 is 0.346 bits per heavy atom. The molecule has 0 saturated carbocycles. The Balaban J connectivity index is 1.27. The Kier molecular flexibility index (Phi) is 13.5. The third-order valence-electron chi connectivity index (χ3n) is 9.04. The van der Waals surface area contributed by atoms with Crippen LogP contribution in [0.3, 0.4) is 0 Å². The van der Waals surface area contributed by atoms with Gasteiger partial charge in [0.1, 0.15) is 0 Å². The molecule has 0 fully saturated rings. The lowest BCUT2D eigenvalue weighted by Gasteiger charge is -2.35. The van der Waals surface area contributed by atoms with Crippen LogP contribution in [0.5, 0.6) is 0 Å². The molecule has 0 aliphatic rings. The molecule has 0 aliphatic carbocycles. The van der Waals surface area contributed by atoms with Gasteiger partial charge in [0.25, 0.3) is 0 Å². The second kappa shape index (κ2) is 19.3. The third-order valence-corrected chi connectivity index (χ3v) is 21.3. The zero-order valence-electron chi connectivity index (χ0n) is 29.3. The van der Waals surface area contributed by atoms with Gasteiger partial charge in [-0.2, -0.15) is 0 Å². The fraction of sp³-hybridized carbons (Fsp3) is 0.109. The molecular formula is C46H44N2P4. The van der Waals surface area contributed by atoms with Crippen LogP contribution in [-0.2, 0) is 6.54 Å². The number of aromatic nitrogens is 1. The van der Waals surface area contributed by atoms with Crippen molar-refractivity contribution in [3.8, 4) is 0 Å². The van der Waals surface area contributed by atoms with Gasteiger partial charge in [0.15, 0.2) is 0 Å². The second-order valence-electron chi connectivity index (χ2n) is 12.7. The molecule has 6 aromatic carbocycles. The summed E-state index contributed by atoms with van der Waals surface area (Å²) in [6.07, 6.45) is 5.98. The Labute approximate surface area is 315 Å². The number of hydrogen-bond donors (Lipinski definition) is 0. The Morgan fingerprint density at radius 3 is 0.942 bits per heavy atom. The van der Waals surface area contributed by atoms with Crippen molar-refractivity contribution in [1.29, 1.82) is 0 Å². The van der Waals surface area contributed by atoms with Crippen LogP contribution in [0.25, 0.3) is 0 Å². The number of hydrogen-bond acceptors (Lipinski definition) is 2. The van der Waals surface area contributed by atoms with Gasteiger partial charge >= 0.3 is 0 Å². The average Bonchev–Trinajstić information content (AvgIpc) is 3.23. The Bertz CT molecular complexity index is 1810. The van der Waals surface area contributed by atoms with Crippen molar-refractivity contribution in [2.75, 3.05) is 24.4 Å². The van der Waals surface area contributed by atoms with E-state index in [2.05, 4.69) is 204 Å². The van der Waals surface area contributed by atoms with Gasteiger partial charge in [0.2, 0.25) is 0 Å². The molecule has 2 nitrogen and oxygen atoms in total. The maximum atomic E-state index is 4.38. The first kappa shape index (κ1) is 36.5. The molecule has 1 aromatic heterocycles. The highest BCUT2D eigenvalue weighted by molar-refractivity contribution is 7.86. The first-order valence-electron chi connectivity index (χ1n) is 17.8. The fourth-order valence-electron chi connectivity index (χ4n) is 6.47. The van der Waals surface area contributed by atoms with Gasteiger partial charge in [-0.05, 0) is 65.4 Å². The smallest absolute Gasteiger partial charge is 0.0271 e. The summed E-state index contributed by atoms with van der Waals surface area (Å²) in [7, 11) is -2.14. The van der Waals surface area contributed by atoms with E-state index in [1.165, 1.54) is 37.4 Å². The zero-order valence-corrected chi connectivity index (χ0v) is 32.9. The van der Waals surface area contributed by atoms with Crippen LogP contribution >= 0.6 is 31.7 Å². The summed E-state index contributed by atoms with van der Waals surface area (Å²) in [6, 6.07) is 72.1. The fourth-order valence-corrected chi connectivity index (χ4v) is 19.6. The summed E-state index contributed by atoms with van der Waals surface area (Å²) < 4.78 is 0. The zero-order chi connectivity index (χ0) is 35.2. The van der Waals surface area contributed by atoms with Crippen molar-refractivity contribution in [2.24, 2.45) is 0 Å². The molecule has 7 rings (SSSR count). The summed E-state index contributed by atoms with van der Waals surface area (Å²) in [4.78, 5) is 7.18. The number of nitrogens with zero attached hydrogens (tertiary/aromatic N) is 2. The van der Waals surface area contributed by atoms with E-state index in [1.54, 1.807) is 0 Å². The van der Waals surface area contributed by atoms with Gasteiger partial charge in [-0.1, -0.05) is 198 Å². The topological polar surface area (TPSA) is 16.1 Å². The molecule has 0 amide bonds. The normalized spacial score (nSPS) is 12.6. The van der Waals surface area contributed by atoms with Crippen LogP contribution in [0.15, 0.2) is 207 Å². The largest absolute Gasteiger partial charge is 0.290 e. The van der Waals surface area contributed by atoms with E-state index in [9.17, 15) is 0 Å². The third kappa shape index (κ3) is 10.2. The van der Waals surface area contributed by atoms with Gasteiger partial charge in [0, 0.05) is 43.3 Å². The van der Waals surface area contributed by atoms with E-state index in [0.717, 1.165) is 30.9 Å². The molecule has 1 heterocycles. The highest BCUT2D eigenvalue weighted by Crippen LogP contribution is 2.53. The molecule has 0 bridgehead atoms. The first-order chi connectivity index (χ1) is 25.8. The quantitative estimate of drug-likeness (QED) is 0.0916. The standard InChI is InChI=1S/C46H44N2P4/c1-7-19-41(20-8-1)49(38-51(43-23-11-3-12-24-43)44-25-13-4-14-26-44)36-48(35-40-31-33-47-34-32-40)37-50(42-21-9-2-10-22-42)39-52(45-27-15-5-16-28-45)46-29-17-6-18-30-46/h1-34H,35-39H2. The minimum atomic E-state index is -0.542. The summed E-state index contributed by atoms with van der Waals surface area (Å²) in [6.45, 7) is 0.906. The molecule has 0 spiro atoms. The van der Waals surface area contributed by atoms with Crippen LogP contribution in [-0.4, -0.2) is 34.3 Å². The minimum Gasteiger partial charge on any atom is -0.290 e. The van der Waals surface area contributed by atoms with E-state index in [0.29, 0.717) is 0 Å². The number of pyridine rings is 1. The average molecular weight is 749 g/mol. The molecule has 0 saturated heterocycles. The van der Waals surface area contributed by atoms with Crippen molar-refractivity contribution in [2.45, 2.75) is 6.54 Å². The van der Waals surface area contributed by atoms with Crippen molar-refractivity contribution in [3.63, 3.8) is 0 Å². The van der Waals surface area contributed by atoms with E-state index >= 15 is 0 Å². The lowest BCUT2D eigenvalue weighted by atomic mass is 10.3. The molecule has 0 aliphatic heterocycles. The molecular weight excluding hydrogens is 704 g/mol. The van der Waals surface area contributed by atoms with Gasteiger partial charge in [-0.3, -0.25) is 9.88 Å². The molecule has 52 heavy (non-hydrogen) atoms. The van der Waals surface area contributed by atoms with Crippen LogP contribution < -0.4 is 31.8 Å². The molecule has 6 heteroatoms. The minimum absolute atomic E-state index is 0.531. The summed E-state index contributed by atoms with van der Waals surface area (Å²) >= 11 is 0. The highest BCUT2D eigenvalue weighted by atomic mass is 31.2. The number of benzene rings is 6. The van der Waals surface area contributed by atoms with Crippen molar-refractivity contribution in [3.05, 3.63) is 212 Å². The lowest BCUT2D eigenvalue weighted by Crippen LogP contribution is -2.30. The number of rotatable bonds is 16. The monoisotopic (exact) mass is 748 g/mol. The first-order valence-corrected chi connectivity index (χ1v) is 24.2. The van der Waals surface area contributed by atoms with Crippen LogP contribution in [0.2, 0.25) is 0 Å². The van der Waals surface area contributed by atoms with Gasteiger partial charge in [-0.25, -0.2) is 0 Å². The predicted molar refractivity (Wildman–Crippen MR) is 233 cm³/mol. The van der Waals surface area contributed by atoms with Crippen LogP contribution in [0.4, 0.5) is 0 Å². The van der Waals surface area contributed by atoms with E-state index in [1.807, 2.05) is 12.4 Å². The second-order valence-corrected chi connectivity index (χ2v) is 22.5. The predicted octanol–water partition coefficient (Wildman–Crippen LogP) is 9.59. The highest BCUT2D eigenvalue weighted by Gasteiger charge is 2.27. The van der Waals surface area contributed by atoms with E-state index in [4.69, 9.17) is 0 Å². The van der Waals surface area contributed by atoms with Crippen molar-refractivity contribution in [1.82, 2.24) is 9.88 Å². The summed E-state index contributed by atoms with van der Waals surface area (Å²) in [5.41, 5.74) is 1.32. The molecule has 0 N–H and O–H groups in total. The van der Waals surface area contributed by atoms with Crippen LogP contribution in [0.1, 0.15) is 5.56 Å². The SMILES string of the molecule is c1ccc(P(CN(Cc2ccncc2)CP(CP(c2ccccc2)c2ccccc2)c2ccccc2)CP(c2ccccc2)c2ccccc2)cc1. The maximum absolute atomic E-state index is 4.38. The van der Waals surface area contributed by atoms with Gasteiger partial charge in [0.05, 0.1) is 0 Å². The van der Waals surface area contributed by atoms with Crippen LogP contribution in [0, 0.1) is 0 Å². The maximum Gasteiger partial charge on any atom is 0.0271 e. The van der Waals surface area contributed by atoms with Crippen molar-refractivity contribution >= 4 is 63.5 Å². The summed E-state index contributed by atoms with van der Waals surface area (Å²) in [5.74, 6) is 2.30. The summed E-state index contributed by atoms with van der Waals surface area (Å²) in [5, 5.41) is 8.78. The Hall–Kier alpha value is -3.85. The van der Waals surface area contributed by atoms with Gasteiger partial charge < -0.3 is 0 Å². The molecule has 7 aromatic rings. The van der Waals surface area contributed by atoms with E-state index in [-0.39, 0.29) is 0 Å². The van der Waals surface area contributed by atoms with Gasteiger partial charge in [-0.15, -0.1) is 0 Å². The molecule has 2 atom stereocenters. The molecule has 258 valence electrons. The lowest BCUT2D eigenvalue weighted by molar-refractivity contribution is 0.365. The van der Waals surface area contributed by atoms with Crippen molar-refractivity contribution < 1.29 is 0 Å². The molecule has 0 radical (unpaired) electrons. The Morgan fingerprint density at radius 2 is 0.635 bits per heavy atom.